The van der Waals surface area contributed by atoms with Crippen molar-refractivity contribution in [3.8, 4) is 0 Å². The lowest BCUT2D eigenvalue weighted by Gasteiger charge is -2.37. The molecule has 0 saturated heterocycles. The third-order valence-electron chi connectivity index (χ3n) is 5.42. The Morgan fingerprint density at radius 3 is 2.41 bits per heavy atom. The lowest BCUT2D eigenvalue weighted by molar-refractivity contribution is 0.241. The van der Waals surface area contributed by atoms with E-state index in [4.69, 9.17) is 0 Å². The minimum Gasteiger partial charge on any atom is -0.370 e. The van der Waals surface area contributed by atoms with Crippen LogP contribution in [0.4, 0.5) is 0 Å². The largest absolute Gasteiger partial charge is 0.370 e. The molecule has 0 unspecified atom stereocenters. The summed E-state index contributed by atoms with van der Waals surface area (Å²) < 4.78 is 0. The van der Waals surface area contributed by atoms with Gasteiger partial charge in [0.1, 0.15) is 0 Å². The van der Waals surface area contributed by atoms with E-state index in [2.05, 4.69) is 39.8 Å². The zero-order valence-corrected chi connectivity index (χ0v) is 13.4. The molecular formula is C18H24N4. The van der Waals surface area contributed by atoms with Crippen molar-refractivity contribution in [2.45, 2.75) is 13.3 Å². The molecule has 4 heterocycles. The van der Waals surface area contributed by atoms with Crippen LogP contribution < -0.4 is 0 Å². The van der Waals surface area contributed by atoms with Gasteiger partial charge >= 0.3 is 0 Å². The molecule has 0 fully saturated rings. The lowest BCUT2D eigenvalue weighted by atomic mass is 9.99. The van der Waals surface area contributed by atoms with Gasteiger partial charge in [0.2, 0.25) is 0 Å². The molecule has 4 aliphatic heterocycles. The Hall–Kier alpha value is -1.97. The Bertz CT molecular complexity index is 619. The van der Waals surface area contributed by atoms with Gasteiger partial charge in [-0.15, -0.1) is 0 Å². The Morgan fingerprint density at radius 2 is 1.73 bits per heavy atom. The summed E-state index contributed by atoms with van der Waals surface area (Å²) in [4.78, 5) is 11.8. The third-order valence-corrected chi connectivity index (χ3v) is 5.42. The first-order valence-electron chi connectivity index (χ1n) is 8.13. The second-order valence-corrected chi connectivity index (χ2v) is 6.72. The summed E-state index contributed by atoms with van der Waals surface area (Å²) in [7, 11) is 0. The molecule has 0 saturated carbocycles. The van der Waals surface area contributed by atoms with Gasteiger partial charge in [-0.3, -0.25) is 4.99 Å². The van der Waals surface area contributed by atoms with Crippen LogP contribution in [0.5, 0.6) is 0 Å². The SMILES string of the molecule is C=CN1CC2=C(C1)CN(C(=C)N1CCC3=C(CN=C3C)C1)C2. The number of nitrogens with zero attached hydrogens (tertiary/aromatic N) is 4. The first-order valence-corrected chi connectivity index (χ1v) is 8.13. The maximum absolute atomic E-state index is 4.59. The highest BCUT2D eigenvalue weighted by molar-refractivity contribution is 6.01. The van der Waals surface area contributed by atoms with Crippen molar-refractivity contribution in [1.82, 2.24) is 14.7 Å². The zero-order chi connectivity index (χ0) is 15.3. The fourth-order valence-electron chi connectivity index (χ4n) is 4.06. The second kappa shape index (κ2) is 5.04. The second-order valence-electron chi connectivity index (χ2n) is 6.72. The van der Waals surface area contributed by atoms with Crippen molar-refractivity contribution in [3.63, 3.8) is 0 Å². The molecule has 0 N–H and O–H groups in total. The van der Waals surface area contributed by atoms with E-state index in [1.807, 2.05) is 6.20 Å². The quantitative estimate of drug-likeness (QED) is 0.744. The van der Waals surface area contributed by atoms with Gasteiger partial charge in [0, 0.05) is 45.0 Å². The first kappa shape index (κ1) is 13.7. The van der Waals surface area contributed by atoms with Crippen molar-refractivity contribution in [2.24, 2.45) is 4.99 Å². The highest BCUT2D eigenvalue weighted by Gasteiger charge is 2.32. The van der Waals surface area contributed by atoms with E-state index in [1.165, 1.54) is 22.7 Å². The lowest BCUT2D eigenvalue weighted by Crippen LogP contribution is -2.39. The molecule has 0 aliphatic carbocycles. The summed E-state index contributed by atoms with van der Waals surface area (Å²) in [6.07, 6.45) is 3.08. The van der Waals surface area contributed by atoms with E-state index in [0.717, 1.165) is 52.2 Å². The molecule has 0 bridgehead atoms. The maximum atomic E-state index is 4.59. The van der Waals surface area contributed by atoms with Gasteiger partial charge in [0.15, 0.2) is 0 Å². The smallest absolute Gasteiger partial charge is 0.0974 e. The van der Waals surface area contributed by atoms with Gasteiger partial charge in [0.25, 0.3) is 0 Å². The number of rotatable bonds is 3. The summed E-state index contributed by atoms with van der Waals surface area (Å²) in [6.45, 7) is 17.6. The van der Waals surface area contributed by atoms with Crippen molar-refractivity contribution in [3.05, 3.63) is 47.5 Å². The van der Waals surface area contributed by atoms with E-state index >= 15 is 0 Å². The van der Waals surface area contributed by atoms with Gasteiger partial charge in [-0.1, -0.05) is 13.2 Å². The van der Waals surface area contributed by atoms with Crippen molar-refractivity contribution >= 4 is 5.71 Å². The molecule has 0 aromatic rings. The van der Waals surface area contributed by atoms with Crippen LogP contribution in [0, 0.1) is 0 Å². The molecular weight excluding hydrogens is 272 g/mol. The average molecular weight is 296 g/mol. The monoisotopic (exact) mass is 296 g/mol. The van der Waals surface area contributed by atoms with Crippen molar-refractivity contribution in [2.75, 3.05) is 45.8 Å². The van der Waals surface area contributed by atoms with Crippen LogP contribution in [0.3, 0.4) is 0 Å². The normalized spacial score (nSPS) is 24.0. The molecule has 0 radical (unpaired) electrons. The number of hydrogen-bond donors (Lipinski definition) is 0. The van der Waals surface area contributed by atoms with Gasteiger partial charge < -0.3 is 14.7 Å². The fraction of sp³-hybridized carbons (Fsp3) is 0.500. The van der Waals surface area contributed by atoms with Crippen molar-refractivity contribution < 1.29 is 0 Å². The Morgan fingerprint density at radius 1 is 1.05 bits per heavy atom. The summed E-state index contributed by atoms with van der Waals surface area (Å²) in [5.74, 6) is 1.19. The first-order chi connectivity index (χ1) is 10.7. The summed E-state index contributed by atoms with van der Waals surface area (Å²) in [5, 5.41) is 0. The zero-order valence-electron chi connectivity index (χ0n) is 13.4. The molecule has 0 spiro atoms. The molecule has 0 amide bonds. The predicted molar refractivity (Wildman–Crippen MR) is 90.7 cm³/mol. The molecule has 4 nitrogen and oxygen atoms in total. The van der Waals surface area contributed by atoms with Crippen LogP contribution in [0.1, 0.15) is 13.3 Å². The highest BCUT2D eigenvalue weighted by atomic mass is 15.3. The maximum Gasteiger partial charge on any atom is 0.0974 e. The summed E-state index contributed by atoms with van der Waals surface area (Å²) in [5.41, 5.74) is 7.40. The Kier molecular flexibility index (Phi) is 3.13. The molecule has 4 rings (SSSR count). The predicted octanol–water partition coefficient (Wildman–Crippen LogP) is 2.01. The standard InChI is InChI=1S/C18H24N4/c1-4-20-8-16-11-22(12-17(16)9-20)14(3)21-6-5-18-13(2)19-7-15(18)10-21/h4H,1,3,5-12H2,2H3. The molecule has 0 aromatic heterocycles. The van der Waals surface area contributed by atoms with Crippen LogP contribution in [0.2, 0.25) is 0 Å². The topological polar surface area (TPSA) is 22.1 Å². The van der Waals surface area contributed by atoms with E-state index in [9.17, 15) is 0 Å². The summed E-state index contributed by atoms with van der Waals surface area (Å²) >= 11 is 0. The molecule has 22 heavy (non-hydrogen) atoms. The van der Waals surface area contributed by atoms with E-state index in [0.29, 0.717) is 0 Å². The van der Waals surface area contributed by atoms with Crippen LogP contribution in [-0.2, 0) is 0 Å². The van der Waals surface area contributed by atoms with Crippen LogP contribution >= 0.6 is 0 Å². The molecule has 0 aromatic carbocycles. The van der Waals surface area contributed by atoms with Crippen molar-refractivity contribution in [1.29, 1.82) is 0 Å². The minimum absolute atomic E-state index is 0.897. The third kappa shape index (κ3) is 2.09. The van der Waals surface area contributed by atoms with Gasteiger partial charge in [-0.25, -0.2) is 0 Å². The summed E-state index contributed by atoms with van der Waals surface area (Å²) in [6, 6.07) is 0. The highest BCUT2D eigenvalue weighted by Crippen LogP contribution is 2.31. The van der Waals surface area contributed by atoms with Gasteiger partial charge in [0.05, 0.1) is 12.4 Å². The fourth-order valence-corrected chi connectivity index (χ4v) is 4.06. The Balaban J connectivity index is 1.39. The van der Waals surface area contributed by atoms with E-state index in [1.54, 1.807) is 11.1 Å². The minimum atomic E-state index is 0.897. The van der Waals surface area contributed by atoms with Crippen LogP contribution in [0.25, 0.3) is 0 Å². The van der Waals surface area contributed by atoms with E-state index < -0.39 is 0 Å². The van der Waals surface area contributed by atoms with Gasteiger partial charge in [-0.05, 0) is 41.8 Å². The Labute approximate surface area is 132 Å². The molecule has 4 aliphatic rings. The molecule has 116 valence electrons. The number of aliphatic imine (C=N–C) groups is 1. The van der Waals surface area contributed by atoms with Crippen LogP contribution in [0.15, 0.2) is 52.5 Å². The van der Waals surface area contributed by atoms with Crippen LogP contribution in [-0.4, -0.2) is 66.2 Å². The number of hydrogen-bond acceptors (Lipinski definition) is 4. The van der Waals surface area contributed by atoms with E-state index in [-0.39, 0.29) is 0 Å². The van der Waals surface area contributed by atoms with Gasteiger partial charge in [-0.2, -0.15) is 0 Å². The molecule has 0 atom stereocenters. The average Bonchev–Trinajstić information content (AvgIpc) is 3.19. The molecule has 4 heteroatoms.